The molecular formula is C18H21N3O7S. The normalized spacial score (nSPS) is 14.6. The molecule has 0 atom stereocenters. The molecule has 0 aliphatic carbocycles. The summed E-state index contributed by atoms with van der Waals surface area (Å²) in [5, 5.41) is 6.02. The van der Waals surface area contributed by atoms with Crippen molar-refractivity contribution in [1.29, 1.82) is 0 Å². The minimum Gasteiger partial charge on any atom is -0.495 e. The van der Waals surface area contributed by atoms with Crippen molar-refractivity contribution in [1.82, 2.24) is 9.46 Å². The summed E-state index contributed by atoms with van der Waals surface area (Å²) >= 11 is 0. The minimum atomic E-state index is -3.80. The lowest BCUT2D eigenvalue weighted by Gasteiger charge is -2.18. The summed E-state index contributed by atoms with van der Waals surface area (Å²) in [6.07, 6.45) is 1.56. The van der Waals surface area contributed by atoms with Crippen LogP contribution >= 0.6 is 0 Å². The summed E-state index contributed by atoms with van der Waals surface area (Å²) in [4.78, 5) is 24.1. The van der Waals surface area contributed by atoms with Gasteiger partial charge >= 0.3 is 5.97 Å². The molecular weight excluding hydrogens is 402 g/mol. The van der Waals surface area contributed by atoms with Gasteiger partial charge in [-0.25, -0.2) is 13.2 Å². The number of nitrogens with zero attached hydrogens (tertiary/aromatic N) is 2. The van der Waals surface area contributed by atoms with Gasteiger partial charge in [-0.1, -0.05) is 5.16 Å². The molecule has 1 aromatic heterocycles. The number of nitrogens with one attached hydrogen (secondary N) is 1. The van der Waals surface area contributed by atoms with E-state index in [-0.39, 0.29) is 22.0 Å². The molecule has 1 aliphatic rings. The molecule has 156 valence electrons. The first kappa shape index (κ1) is 20.8. The van der Waals surface area contributed by atoms with E-state index >= 15 is 0 Å². The van der Waals surface area contributed by atoms with Crippen LogP contribution in [0.3, 0.4) is 0 Å². The van der Waals surface area contributed by atoms with Crippen LogP contribution in [-0.2, 0) is 19.6 Å². The van der Waals surface area contributed by atoms with E-state index in [2.05, 4.69) is 10.5 Å². The molecule has 1 N–H and O–H groups in total. The van der Waals surface area contributed by atoms with Crippen LogP contribution in [0.25, 0.3) is 0 Å². The Hall–Kier alpha value is -2.92. The van der Waals surface area contributed by atoms with Crippen molar-refractivity contribution in [2.75, 3.05) is 32.1 Å². The smallest absolute Gasteiger partial charge is 0.338 e. The lowest BCUT2D eigenvalue weighted by molar-refractivity contribution is -0.119. The Morgan fingerprint density at radius 3 is 2.59 bits per heavy atom. The SMILES string of the molecule is COc1ccc(C(=O)OCC(=O)Nc2cc(C)on2)cc1S(=O)(=O)N1CCCC1. The summed E-state index contributed by atoms with van der Waals surface area (Å²) in [6, 6.07) is 5.48. The predicted octanol–water partition coefficient (Wildman–Crippen LogP) is 1.57. The Morgan fingerprint density at radius 1 is 1.24 bits per heavy atom. The van der Waals surface area contributed by atoms with Gasteiger partial charge in [0, 0.05) is 19.2 Å². The highest BCUT2D eigenvalue weighted by atomic mass is 32.2. The second-order valence-electron chi connectivity index (χ2n) is 6.42. The molecule has 0 radical (unpaired) electrons. The van der Waals surface area contributed by atoms with E-state index in [1.54, 1.807) is 6.92 Å². The summed E-state index contributed by atoms with van der Waals surface area (Å²) in [5.41, 5.74) is -0.00588. The van der Waals surface area contributed by atoms with Gasteiger partial charge in [-0.05, 0) is 38.0 Å². The number of ether oxygens (including phenoxy) is 2. The maximum absolute atomic E-state index is 12.9. The molecule has 1 fully saturated rings. The number of benzene rings is 1. The molecule has 0 unspecified atom stereocenters. The number of aromatic nitrogens is 1. The molecule has 10 nitrogen and oxygen atoms in total. The highest BCUT2D eigenvalue weighted by molar-refractivity contribution is 7.89. The number of sulfonamides is 1. The number of rotatable bonds is 7. The van der Waals surface area contributed by atoms with Gasteiger partial charge in [-0.15, -0.1) is 0 Å². The van der Waals surface area contributed by atoms with Crippen molar-refractivity contribution in [2.45, 2.75) is 24.7 Å². The van der Waals surface area contributed by atoms with Gasteiger partial charge in [0.05, 0.1) is 12.7 Å². The molecule has 2 heterocycles. The number of carbonyl (C=O) groups is 2. The summed E-state index contributed by atoms with van der Waals surface area (Å²) in [7, 11) is -2.45. The van der Waals surface area contributed by atoms with Gasteiger partial charge in [-0.3, -0.25) is 4.79 Å². The maximum atomic E-state index is 12.9. The molecule has 29 heavy (non-hydrogen) atoms. The zero-order valence-corrected chi connectivity index (χ0v) is 16.8. The van der Waals surface area contributed by atoms with Crippen LogP contribution in [0.4, 0.5) is 5.82 Å². The highest BCUT2D eigenvalue weighted by Gasteiger charge is 2.31. The topological polar surface area (TPSA) is 128 Å². The van der Waals surface area contributed by atoms with Crippen LogP contribution < -0.4 is 10.1 Å². The Bertz CT molecular complexity index is 1010. The van der Waals surface area contributed by atoms with Gasteiger partial charge in [0.25, 0.3) is 5.91 Å². The van der Waals surface area contributed by atoms with Crippen LogP contribution in [0.5, 0.6) is 5.75 Å². The molecule has 0 bridgehead atoms. The van der Waals surface area contributed by atoms with Gasteiger partial charge in [0.15, 0.2) is 12.4 Å². The average molecular weight is 423 g/mol. The third-order valence-corrected chi connectivity index (χ3v) is 6.23. The predicted molar refractivity (Wildman–Crippen MR) is 101 cm³/mol. The number of hydrogen-bond donors (Lipinski definition) is 1. The Labute approximate surface area is 167 Å². The maximum Gasteiger partial charge on any atom is 0.338 e. The first-order valence-corrected chi connectivity index (χ1v) is 10.3. The van der Waals surface area contributed by atoms with E-state index in [9.17, 15) is 18.0 Å². The van der Waals surface area contributed by atoms with Crippen molar-refractivity contribution in [3.8, 4) is 5.75 Å². The lowest BCUT2D eigenvalue weighted by atomic mass is 10.2. The molecule has 0 saturated carbocycles. The van der Waals surface area contributed by atoms with Crippen molar-refractivity contribution >= 4 is 27.7 Å². The van der Waals surface area contributed by atoms with E-state index in [4.69, 9.17) is 14.0 Å². The lowest BCUT2D eigenvalue weighted by Crippen LogP contribution is -2.28. The highest BCUT2D eigenvalue weighted by Crippen LogP contribution is 2.30. The van der Waals surface area contributed by atoms with Gasteiger partial charge in [-0.2, -0.15) is 4.31 Å². The number of aryl methyl sites for hydroxylation is 1. The third-order valence-electron chi connectivity index (χ3n) is 4.31. The van der Waals surface area contributed by atoms with Crippen molar-refractivity contribution in [2.24, 2.45) is 0 Å². The summed E-state index contributed by atoms with van der Waals surface area (Å²) in [6.45, 7) is 1.94. The molecule has 1 aromatic carbocycles. The van der Waals surface area contributed by atoms with Crippen LogP contribution in [0, 0.1) is 6.92 Å². The second kappa shape index (κ2) is 8.62. The Kier molecular flexibility index (Phi) is 6.18. The Morgan fingerprint density at radius 2 is 1.97 bits per heavy atom. The van der Waals surface area contributed by atoms with E-state index < -0.39 is 28.5 Å². The van der Waals surface area contributed by atoms with Gasteiger partial charge < -0.3 is 19.3 Å². The third kappa shape index (κ3) is 4.74. The molecule has 1 aliphatic heterocycles. The van der Waals surface area contributed by atoms with E-state index in [0.29, 0.717) is 18.8 Å². The van der Waals surface area contributed by atoms with Crippen LogP contribution in [-0.4, -0.2) is 56.6 Å². The minimum absolute atomic E-state index is 0.00588. The number of carbonyl (C=O) groups excluding carboxylic acids is 2. The van der Waals surface area contributed by atoms with Gasteiger partial charge in [0.1, 0.15) is 16.4 Å². The largest absolute Gasteiger partial charge is 0.495 e. The van der Waals surface area contributed by atoms with Crippen molar-refractivity contribution < 1.29 is 32.0 Å². The van der Waals surface area contributed by atoms with Crippen LogP contribution in [0.15, 0.2) is 33.7 Å². The van der Waals surface area contributed by atoms with Crippen molar-refractivity contribution in [3.63, 3.8) is 0 Å². The zero-order valence-electron chi connectivity index (χ0n) is 16.0. The second-order valence-corrected chi connectivity index (χ2v) is 8.33. The molecule has 1 amide bonds. The molecule has 1 saturated heterocycles. The first-order chi connectivity index (χ1) is 13.8. The van der Waals surface area contributed by atoms with Crippen LogP contribution in [0.1, 0.15) is 29.0 Å². The first-order valence-electron chi connectivity index (χ1n) is 8.90. The quantitative estimate of drug-likeness (QED) is 0.665. The van der Waals surface area contributed by atoms with E-state index in [0.717, 1.165) is 12.8 Å². The fraction of sp³-hybridized carbons (Fsp3) is 0.389. The Balaban J connectivity index is 1.71. The number of hydrogen-bond acceptors (Lipinski definition) is 8. The fourth-order valence-corrected chi connectivity index (χ4v) is 4.59. The molecule has 2 aromatic rings. The molecule has 0 spiro atoms. The monoisotopic (exact) mass is 423 g/mol. The molecule has 3 rings (SSSR count). The van der Waals surface area contributed by atoms with Crippen molar-refractivity contribution in [3.05, 3.63) is 35.6 Å². The van der Waals surface area contributed by atoms with Gasteiger partial charge in [0.2, 0.25) is 10.0 Å². The number of anilines is 1. The zero-order chi connectivity index (χ0) is 21.0. The fourth-order valence-electron chi connectivity index (χ4n) is 2.89. The summed E-state index contributed by atoms with van der Waals surface area (Å²) in [5.74, 6) is -0.594. The number of amides is 1. The average Bonchev–Trinajstić information content (AvgIpc) is 3.38. The summed E-state index contributed by atoms with van der Waals surface area (Å²) < 4.78 is 42.1. The van der Waals surface area contributed by atoms with Crippen LogP contribution in [0.2, 0.25) is 0 Å². The van der Waals surface area contributed by atoms with E-state index in [1.807, 2.05) is 0 Å². The number of methoxy groups -OCH3 is 1. The molecule has 11 heteroatoms. The van der Waals surface area contributed by atoms with E-state index in [1.165, 1.54) is 35.7 Å². The number of esters is 1. The standard InChI is InChI=1S/C18H21N3O7S/c1-12-9-16(20-28-12)19-17(22)11-27-18(23)13-5-6-14(26-2)15(10-13)29(24,25)21-7-3-4-8-21/h5-6,9-10H,3-4,7-8,11H2,1-2H3,(H,19,20,22).